The molecule has 0 aliphatic carbocycles. The number of hydrogen-bond acceptors (Lipinski definition) is 5. The van der Waals surface area contributed by atoms with E-state index in [0.717, 1.165) is 36.0 Å². The predicted molar refractivity (Wildman–Crippen MR) is 116 cm³/mol. The van der Waals surface area contributed by atoms with Gasteiger partial charge in [-0.1, -0.05) is 16.6 Å². The minimum absolute atomic E-state index is 0.0120. The van der Waals surface area contributed by atoms with E-state index in [1.807, 2.05) is 11.0 Å². The number of carbonyl (C=O) groups is 2. The van der Waals surface area contributed by atoms with E-state index < -0.39 is 16.1 Å². The fraction of sp³-hybridized carbons (Fsp3) is 0.333. The first-order valence-corrected chi connectivity index (χ1v) is 11.3. The van der Waals surface area contributed by atoms with Crippen LogP contribution in [0, 0.1) is 0 Å². The standard InChI is InChI=1S/C21H26N4O5S/c1-24(30-2)31(28,29)19-10-8-18(9-11-19)23-21(27)22-15-16-6-5-7-17(14-16)20(26)25-12-3-4-13-25/h5-11,14H,3-4,12-13,15H2,1-2H3,(H2,22,23,27). The highest BCUT2D eigenvalue weighted by Gasteiger charge is 2.21. The normalized spacial score (nSPS) is 14.0. The molecule has 0 spiro atoms. The Morgan fingerprint density at radius 2 is 1.77 bits per heavy atom. The number of urea groups is 1. The summed E-state index contributed by atoms with van der Waals surface area (Å²) in [5.41, 5.74) is 1.86. The molecule has 31 heavy (non-hydrogen) atoms. The van der Waals surface area contributed by atoms with Gasteiger partial charge < -0.3 is 15.5 Å². The van der Waals surface area contributed by atoms with Gasteiger partial charge in [-0.05, 0) is 54.8 Å². The second-order valence-corrected chi connectivity index (χ2v) is 9.06. The lowest BCUT2D eigenvalue weighted by atomic mass is 10.1. The first kappa shape index (κ1) is 22.7. The molecule has 2 aromatic carbocycles. The molecule has 1 aliphatic rings. The highest BCUT2D eigenvalue weighted by atomic mass is 32.2. The monoisotopic (exact) mass is 446 g/mol. The van der Waals surface area contributed by atoms with Crippen molar-refractivity contribution in [3.63, 3.8) is 0 Å². The number of likely N-dealkylation sites (tertiary alicyclic amines) is 1. The quantitative estimate of drug-likeness (QED) is 0.635. The number of carbonyl (C=O) groups excluding carboxylic acids is 2. The Balaban J connectivity index is 1.56. The number of anilines is 1. The average molecular weight is 447 g/mol. The summed E-state index contributed by atoms with van der Waals surface area (Å²) in [4.78, 5) is 31.3. The van der Waals surface area contributed by atoms with Crippen molar-refractivity contribution < 1.29 is 22.8 Å². The molecule has 166 valence electrons. The van der Waals surface area contributed by atoms with Crippen LogP contribution in [0.1, 0.15) is 28.8 Å². The molecule has 0 bridgehead atoms. The van der Waals surface area contributed by atoms with Gasteiger partial charge in [-0.15, -0.1) is 0 Å². The smallest absolute Gasteiger partial charge is 0.319 e. The van der Waals surface area contributed by atoms with Crippen molar-refractivity contribution in [1.29, 1.82) is 0 Å². The molecule has 0 atom stereocenters. The second kappa shape index (κ2) is 9.90. The summed E-state index contributed by atoms with van der Waals surface area (Å²) in [7, 11) is -1.19. The van der Waals surface area contributed by atoms with Crippen LogP contribution in [0.5, 0.6) is 0 Å². The summed E-state index contributed by atoms with van der Waals surface area (Å²) in [6.45, 7) is 1.81. The molecule has 10 heteroatoms. The number of benzene rings is 2. The number of sulfonamides is 1. The molecule has 2 aromatic rings. The van der Waals surface area contributed by atoms with E-state index in [1.54, 1.807) is 18.2 Å². The Morgan fingerprint density at radius 1 is 1.10 bits per heavy atom. The van der Waals surface area contributed by atoms with Crippen LogP contribution in [0.3, 0.4) is 0 Å². The van der Waals surface area contributed by atoms with Crippen LogP contribution in [0.2, 0.25) is 0 Å². The number of rotatable bonds is 7. The lowest BCUT2D eigenvalue weighted by Crippen LogP contribution is -2.29. The zero-order chi connectivity index (χ0) is 22.4. The third-order valence-corrected chi connectivity index (χ3v) is 6.72. The molecule has 0 saturated carbocycles. The summed E-state index contributed by atoms with van der Waals surface area (Å²) in [5.74, 6) is 0.0120. The Bertz CT molecular complexity index is 1030. The largest absolute Gasteiger partial charge is 0.339 e. The summed E-state index contributed by atoms with van der Waals surface area (Å²) < 4.78 is 25.1. The summed E-state index contributed by atoms with van der Waals surface area (Å²) in [5, 5.41) is 5.39. The van der Waals surface area contributed by atoms with Gasteiger partial charge in [-0.2, -0.15) is 0 Å². The summed E-state index contributed by atoms with van der Waals surface area (Å²) >= 11 is 0. The van der Waals surface area contributed by atoms with Crippen molar-refractivity contribution in [1.82, 2.24) is 14.7 Å². The van der Waals surface area contributed by atoms with Crippen molar-refractivity contribution in [2.75, 3.05) is 32.6 Å². The van der Waals surface area contributed by atoms with Crippen molar-refractivity contribution in [2.45, 2.75) is 24.3 Å². The maximum atomic E-state index is 12.5. The first-order valence-electron chi connectivity index (χ1n) is 9.87. The van der Waals surface area contributed by atoms with E-state index in [2.05, 4.69) is 10.6 Å². The van der Waals surface area contributed by atoms with Gasteiger partial charge in [0.2, 0.25) is 0 Å². The van der Waals surface area contributed by atoms with Crippen molar-refractivity contribution in [3.8, 4) is 0 Å². The van der Waals surface area contributed by atoms with Crippen molar-refractivity contribution in [3.05, 3.63) is 59.7 Å². The molecule has 0 radical (unpaired) electrons. The zero-order valence-corrected chi connectivity index (χ0v) is 18.3. The number of hydrogen-bond donors (Lipinski definition) is 2. The number of nitrogens with one attached hydrogen (secondary N) is 2. The molecule has 1 aliphatic heterocycles. The molecule has 2 N–H and O–H groups in total. The average Bonchev–Trinajstić information content (AvgIpc) is 3.32. The van der Waals surface area contributed by atoms with E-state index in [-0.39, 0.29) is 17.3 Å². The number of hydroxylamine groups is 1. The van der Waals surface area contributed by atoms with Gasteiger partial charge in [0.1, 0.15) is 0 Å². The Morgan fingerprint density at radius 3 is 2.42 bits per heavy atom. The van der Waals surface area contributed by atoms with Crippen LogP contribution in [-0.4, -0.2) is 57.0 Å². The maximum absolute atomic E-state index is 12.5. The molecule has 3 rings (SSSR count). The van der Waals surface area contributed by atoms with Gasteiger partial charge in [0, 0.05) is 37.9 Å². The van der Waals surface area contributed by atoms with Crippen molar-refractivity contribution >= 4 is 27.6 Å². The minimum atomic E-state index is -3.75. The highest BCUT2D eigenvalue weighted by Crippen LogP contribution is 2.18. The van der Waals surface area contributed by atoms with Crippen molar-refractivity contribution in [2.24, 2.45) is 0 Å². The molecule has 1 fully saturated rings. The predicted octanol–water partition coefficient (Wildman–Crippen LogP) is 2.43. The fourth-order valence-electron chi connectivity index (χ4n) is 3.23. The van der Waals surface area contributed by atoms with Gasteiger partial charge in [0.05, 0.1) is 12.0 Å². The molecule has 3 amide bonds. The van der Waals surface area contributed by atoms with Crippen LogP contribution in [0.15, 0.2) is 53.4 Å². The summed E-state index contributed by atoms with van der Waals surface area (Å²) in [6.07, 6.45) is 2.06. The molecule has 0 unspecified atom stereocenters. The zero-order valence-electron chi connectivity index (χ0n) is 17.5. The molecule has 1 heterocycles. The summed E-state index contributed by atoms with van der Waals surface area (Å²) in [6, 6.07) is 12.5. The molecule has 9 nitrogen and oxygen atoms in total. The van der Waals surface area contributed by atoms with E-state index in [0.29, 0.717) is 11.3 Å². The molecular weight excluding hydrogens is 420 g/mol. The minimum Gasteiger partial charge on any atom is -0.339 e. The van der Waals surface area contributed by atoms with E-state index in [1.165, 1.54) is 38.4 Å². The lowest BCUT2D eigenvalue weighted by molar-refractivity contribution is -0.0258. The van der Waals surface area contributed by atoms with Gasteiger partial charge in [-0.25, -0.2) is 13.2 Å². The van der Waals surface area contributed by atoms with Gasteiger partial charge in [0.15, 0.2) is 0 Å². The molecule has 1 saturated heterocycles. The topological polar surface area (TPSA) is 108 Å². The van der Waals surface area contributed by atoms with E-state index in [4.69, 9.17) is 4.84 Å². The number of amides is 3. The Labute approximate surface area is 182 Å². The fourth-order valence-corrected chi connectivity index (χ4v) is 4.20. The SMILES string of the molecule is CON(C)S(=O)(=O)c1ccc(NC(=O)NCc2cccc(C(=O)N3CCCC3)c2)cc1. The molecular formula is C21H26N4O5S. The lowest BCUT2D eigenvalue weighted by Gasteiger charge is -2.16. The maximum Gasteiger partial charge on any atom is 0.319 e. The number of nitrogens with zero attached hydrogens (tertiary/aromatic N) is 2. The highest BCUT2D eigenvalue weighted by molar-refractivity contribution is 7.89. The van der Waals surface area contributed by atoms with Crippen LogP contribution in [-0.2, 0) is 21.4 Å². The van der Waals surface area contributed by atoms with E-state index in [9.17, 15) is 18.0 Å². The Hall–Kier alpha value is -2.95. The first-order chi connectivity index (χ1) is 14.8. The molecule has 0 aromatic heterocycles. The van der Waals surface area contributed by atoms with Gasteiger partial charge >= 0.3 is 6.03 Å². The van der Waals surface area contributed by atoms with Crippen LogP contribution in [0.25, 0.3) is 0 Å². The van der Waals surface area contributed by atoms with Crippen LogP contribution in [0.4, 0.5) is 10.5 Å². The Kier molecular flexibility index (Phi) is 7.26. The third-order valence-electron chi connectivity index (χ3n) is 5.03. The van der Waals surface area contributed by atoms with Gasteiger partial charge in [0.25, 0.3) is 15.9 Å². The third kappa shape index (κ3) is 5.60. The van der Waals surface area contributed by atoms with Gasteiger partial charge in [-0.3, -0.25) is 9.63 Å². The van der Waals surface area contributed by atoms with Crippen LogP contribution >= 0.6 is 0 Å². The second-order valence-electron chi connectivity index (χ2n) is 7.13. The van der Waals surface area contributed by atoms with Crippen LogP contribution < -0.4 is 10.6 Å². The van der Waals surface area contributed by atoms with E-state index >= 15 is 0 Å².